The van der Waals surface area contributed by atoms with Gasteiger partial charge in [0.2, 0.25) is 0 Å². The highest BCUT2D eigenvalue weighted by Crippen LogP contribution is 2.12. The molecule has 84 valence electrons. The van der Waals surface area contributed by atoms with Crippen LogP contribution in [0.3, 0.4) is 0 Å². The maximum Gasteiger partial charge on any atom is 0.126 e. The van der Waals surface area contributed by atoms with Crippen molar-refractivity contribution in [3.8, 4) is 0 Å². The summed E-state index contributed by atoms with van der Waals surface area (Å²) in [7, 11) is -0.725. The second kappa shape index (κ2) is 5.70. The molecule has 0 bridgehead atoms. The van der Waals surface area contributed by atoms with Gasteiger partial charge in [0.15, 0.2) is 0 Å². The van der Waals surface area contributed by atoms with E-state index < -0.39 is 10.8 Å². The van der Waals surface area contributed by atoms with Gasteiger partial charge in [0, 0.05) is 28.9 Å². The van der Waals surface area contributed by atoms with Crippen molar-refractivity contribution >= 4 is 22.3 Å². The van der Waals surface area contributed by atoms with Gasteiger partial charge in [-0.05, 0) is 18.6 Å². The molecular weight excluding hydrogens is 210 g/mol. The molecule has 5 heteroatoms. The van der Waals surface area contributed by atoms with Crippen LogP contribution in [0.1, 0.15) is 12.5 Å². The summed E-state index contributed by atoms with van der Waals surface area (Å²) in [5.74, 6) is 2.15. The second-order valence-corrected chi connectivity index (χ2v) is 5.15. The summed E-state index contributed by atoms with van der Waals surface area (Å²) < 4.78 is 11.2. The van der Waals surface area contributed by atoms with Crippen LogP contribution < -0.4 is 11.1 Å². The predicted octanol–water partition coefficient (Wildman–Crippen LogP) is 1.15. The molecule has 0 aromatic carbocycles. The molecule has 0 amide bonds. The smallest absolute Gasteiger partial charge is 0.126 e. The van der Waals surface area contributed by atoms with E-state index in [2.05, 4.69) is 10.3 Å². The minimum absolute atomic E-state index is 0.654. The topological polar surface area (TPSA) is 68.0 Å². The summed E-state index contributed by atoms with van der Waals surface area (Å²) in [6.07, 6.45) is 1.63. The number of nitrogens with zero attached hydrogens (tertiary/aromatic N) is 1. The van der Waals surface area contributed by atoms with Gasteiger partial charge in [-0.25, -0.2) is 4.98 Å². The Labute approximate surface area is 92.7 Å². The first-order valence-corrected chi connectivity index (χ1v) is 6.43. The highest BCUT2D eigenvalue weighted by atomic mass is 32.2. The molecule has 1 aromatic rings. The number of nitrogens with two attached hydrogens (primary N) is 1. The highest BCUT2D eigenvalue weighted by molar-refractivity contribution is 7.84. The zero-order valence-corrected chi connectivity index (χ0v) is 9.93. The fourth-order valence-electron chi connectivity index (χ4n) is 1.10. The lowest BCUT2D eigenvalue weighted by Crippen LogP contribution is -2.12. The molecule has 0 fully saturated rings. The molecule has 0 radical (unpaired) electrons. The van der Waals surface area contributed by atoms with Gasteiger partial charge in [-0.15, -0.1) is 0 Å². The van der Waals surface area contributed by atoms with Crippen LogP contribution in [-0.2, 0) is 10.8 Å². The summed E-state index contributed by atoms with van der Waals surface area (Å²) in [5.41, 5.74) is 7.34. The molecule has 0 saturated heterocycles. The van der Waals surface area contributed by atoms with Crippen molar-refractivity contribution in [3.63, 3.8) is 0 Å². The third-order valence-corrected chi connectivity index (χ3v) is 3.41. The molecule has 15 heavy (non-hydrogen) atoms. The van der Waals surface area contributed by atoms with Crippen molar-refractivity contribution in [1.82, 2.24) is 4.98 Å². The van der Waals surface area contributed by atoms with Crippen molar-refractivity contribution < 1.29 is 4.21 Å². The lowest BCUT2D eigenvalue weighted by molar-refractivity contribution is 0.684. The summed E-state index contributed by atoms with van der Waals surface area (Å²) in [5, 5.41) is 3.12. The quantitative estimate of drug-likeness (QED) is 0.792. The Morgan fingerprint density at radius 3 is 2.93 bits per heavy atom. The van der Waals surface area contributed by atoms with Crippen LogP contribution in [0.5, 0.6) is 0 Å². The SMILES string of the molecule is CCS(=O)CCNc1cc(C)c(N)cn1. The zero-order chi connectivity index (χ0) is 11.3. The van der Waals surface area contributed by atoms with Crippen LogP contribution in [-0.4, -0.2) is 27.2 Å². The first kappa shape index (κ1) is 12.0. The number of aryl methyl sites for hydroxylation is 1. The lowest BCUT2D eigenvalue weighted by atomic mass is 10.2. The molecule has 0 aliphatic carbocycles. The van der Waals surface area contributed by atoms with E-state index in [4.69, 9.17) is 5.73 Å². The van der Waals surface area contributed by atoms with Gasteiger partial charge in [-0.2, -0.15) is 0 Å². The molecule has 1 aromatic heterocycles. The standard InChI is InChI=1S/C10H17N3OS/c1-3-15(14)5-4-12-10-6-8(2)9(11)7-13-10/h6-7H,3-5,11H2,1-2H3,(H,12,13). The third kappa shape index (κ3) is 3.87. The van der Waals surface area contributed by atoms with Gasteiger partial charge in [-0.1, -0.05) is 6.92 Å². The Morgan fingerprint density at radius 2 is 2.33 bits per heavy atom. The number of aromatic nitrogens is 1. The Morgan fingerprint density at radius 1 is 1.60 bits per heavy atom. The van der Waals surface area contributed by atoms with Crippen LogP contribution in [0, 0.1) is 6.92 Å². The monoisotopic (exact) mass is 227 g/mol. The number of hydrogen-bond donors (Lipinski definition) is 2. The molecule has 0 spiro atoms. The molecule has 3 N–H and O–H groups in total. The van der Waals surface area contributed by atoms with Crippen LogP contribution in [0.2, 0.25) is 0 Å². The molecule has 0 aliphatic heterocycles. The van der Waals surface area contributed by atoms with Gasteiger partial charge in [0.25, 0.3) is 0 Å². The van der Waals surface area contributed by atoms with Crippen LogP contribution in [0.15, 0.2) is 12.3 Å². The third-order valence-electron chi connectivity index (χ3n) is 2.11. The predicted molar refractivity (Wildman–Crippen MR) is 65.4 cm³/mol. The second-order valence-electron chi connectivity index (χ2n) is 3.29. The summed E-state index contributed by atoms with van der Waals surface area (Å²) in [6.45, 7) is 4.53. The summed E-state index contributed by atoms with van der Waals surface area (Å²) in [6, 6.07) is 1.89. The molecule has 1 atom stereocenters. The van der Waals surface area contributed by atoms with E-state index in [-0.39, 0.29) is 0 Å². The number of nitrogen functional groups attached to an aromatic ring is 1. The van der Waals surface area contributed by atoms with Gasteiger partial charge in [0.05, 0.1) is 11.9 Å². The molecule has 1 unspecified atom stereocenters. The molecule has 4 nitrogen and oxygen atoms in total. The molecular formula is C10H17N3OS. The van der Waals surface area contributed by atoms with Crippen molar-refractivity contribution in [2.24, 2.45) is 0 Å². The zero-order valence-electron chi connectivity index (χ0n) is 9.12. The highest BCUT2D eigenvalue weighted by Gasteiger charge is 1.99. The van der Waals surface area contributed by atoms with E-state index in [0.29, 0.717) is 23.7 Å². The number of rotatable bonds is 5. The molecule has 1 rings (SSSR count). The molecule has 0 aliphatic rings. The van der Waals surface area contributed by atoms with Crippen LogP contribution in [0.4, 0.5) is 11.5 Å². The van der Waals surface area contributed by atoms with E-state index in [0.717, 1.165) is 11.4 Å². The van der Waals surface area contributed by atoms with Crippen molar-refractivity contribution in [1.29, 1.82) is 0 Å². The largest absolute Gasteiger partial charge is 0.397 e. The summed E-state index contributed by atoms with van der Waals surface area (Å²) >= 11 is 0. The number of hydrogen-bond acceptors (Lipinski definition) is 4. The molecule has 1 heterocycles. The van der Waals surface area contributed by atoms with Crippen molar-refractivity contribution in [2.75, 3.05) is 29.1 Å². The maximum atomic E-state index is 11.2. The molecule has 0 saturated carbocycles. The maximum absolute atomic E-state index is 11.2. The minimum Gasteiger partial charge on any atom is -0.397 e. The normalized spacial score (nSPS) is 12.4. The summed E-state index contributed by atoms with van der Waals surface area (Å²) in [4.78, 5) is 4.13. The van der Waals surface area contributed by atoms with E-state index >= 15 is 0 Å². The van der Waals surface area contributed by atoms with E-state index in [1.807, 2.05) is 19.9 Å². The Bertz CT molecular complexity index is 355. The lowest BCUT2D eigenvalue weighted by Gasteiger charge is -2.06. The first-order chi connectivity index (χ1) is 7.13. The van der Waals surface area contributed by atoms with Crippen molar-refractivity contribution in [3.05, 3.63) is 17.8 Å². The van der Waals surface area contributed by atoms with Crippen LogP contribution in [0.25, 0.3) is 0 Å². The average Bonchev–Trinajstić information content (AvgIpc) is 2.23. The fraction of sp³-hybridized carbons (Fsp3) is 0.500. The fourth-order valence-corrected chi connectivity index (χ4v) is 1.72. The van der Waals surface area contributed by atoms with Crippen LogP contribution >= 0.6 is 0 Å². The van der Waals surface area contributed by atoms with Gasteiger partial charge in [-0.3, -0.25) is 4.21 Å². The van der Waals surface area contributed by atoms with Gasteiger partial charge < -0.3 is 11.1 Å². The number of nitrogens with one attached hydrogen (secondary N) is 1. The number of anilines is 2. The minimum atomic E-state index is -0.725. The Balaban J connectivity index is 2.44. The van der Waals surface area contributed by atoms with E-state index in [9.17, 15) is 4.21 Å². The van der Waals surface area contributed by atoms with Crippen molar-refractivity contribution in [2.45, 2.75) is 13.8 Å². The van der Waals surface area contributed by atoms with Gasteiger partial charge >= 0.3 is 0 Å². The number of pyridine rings is 1. The van der Waals surface area contributed by atoms with Gasteiger partial charge in [0.1, 0.15) is 5.82 Å². The Hall–Kier alpha value is -1.10. The Kier molecular flexibility index (Phi) is 4.55. The first-order valence-electron chi connectivity index (χ1n) is 4.94. The average molecular weight is 227 g/mol. The van der Waals surface area contributed by atoms with E-state index in [1.165, 1.54) is 0 Å². The van der Waals surface area contributed by atoms with E-state index in [1.54, 1.807) is 6.20 Å².